The molecular weight excluding hydrogens is 327 g/mol. The SMILES string of the molecule is [B][C@@H]1CC2C3C(CC[C@]2(C)[C@H]1OC(=O)CC)[C@H]1CC[C@H](O)CC1=C[C@@H]3O. The highest BCUT2D eigenvalue weighted by Gasteiger charge is 2.60. The fourth-order valence-electron chi connectivity index (χ4n) is 6.78. The molecule has 0 aromatic carbocycles. The van der Waals surface area contributed by atoms with Crippen molar-refractivity contribution in [1.29, 1.82) is 0 Å². The molecule has 0 spiro atoms. The maximum Gasteiger partial charge on any atom is 0.305 e. The lowest BCUT2D eigenvalue weighted by atomic mass is 9.52. The van der Waals surface area contributed by atoms with E-state index >= 15 is 0 Å². The average Bonchev–Trinajstić information content (AvgIpc) is 2.85. The van der Waals surface area contributed by atoms with Crippen molar-refractivity contribution < 1.29 is 19.7 Å². The van der Waals surface area contributed by atoms with E-state index in [1.807, 2.05) is 13.0 Å². The molecule has 4 nitrogen and oxygen atoms in total. The number of fused-ring (bicyclic) bond motifs is 5. The molecule has 9 atom stereocenters. The van der Waals surface area contributed by atoms with Gasteiger partial charge in [0.05, 0.1) is 20.1 Å². The van der Waals surface area contributed by atoms with E-state index in [1.165, 1.54) is 5.57 Å². The first-order valence-corrected chi connectivity index (χ1v) is 10.4. The summed E-state index contributed by atoms with van der Waals surface area (Å²) in [5.41, 5.74) is 1.11. The molecule has 142 valence electrons. The molecule has 4 aliphatic carbocycles. The average molecular weight is 358 g/mol. The summed E-state index contributed by atoms with van der Waals surface area (Å²) in [5, 5.41) is 21.0. The van der Waals surface area contributed by atoms with Crippen LogP contribution in [-0.4, -0.2) is 42.3 Å². The molecule has 0 saturated heterocycles. The van der Waals surface area contributed by atoms with Crippen LogP contribution in [0.1, 0.15) is 58.8 Å². The minimum absolute atomic E-state index is 0.147. The van der Waals surface area contributed by atoms with Gasteiger partial charge in [-0.05, 0) is 61.6 Å². The van der Waals surface area contributed by atoms with E-state index in [9.17, 15) is 15.0 Å². The molecule has 0 aromatic heterocycles. The number of carbonyl (C=O) groups is 1. The number of rotatable bonds is 2. The first-order chi connectivity index (χ1) is 12.3. The standard InChI is InChI=1S/C21H31BO4/c1-3-18(25)26-20-16(22)10-15-19-14(6-7-21(15,20)2)13-5-4-12(23)8-11(13)9-17(19)24/h9,12-17,19-20,23-24H,3-8,10H2,1-2H3/t12-,13-,14?,15?,16+,17-,19?,20-,21-/m0/s1. The van der Waals surface area contributed by atoms with Gasteiger partial charge in [0.15, 0.2) is 0 Å². The predicted molar refractivity (Wildman–Crippen MR) is 99.5 cm³/mol. The first kappa shape index (κ1) is 18.6. The largest absolute Gasteiger partial charge is 0.462 e. The van der Waals surface area contributed by atoms with E-state index < -0.39 is 6.10 Å². The molecule has 2 N–H and O–H groups in total. The summed E-state index contributed by atoms with van der Waals surface area (Å²) in [6.07, 6.45) is 6.86. The third-order valence-electron chi connectivity index (χ3n) is 7.99. The quantitative estimate of drug-likeness (QED) is 0.453. The van der Waals surface area contributed by atoms with E-state index in [1.54, 1.807) is 0 Å². The van der Waals surface area contributed by atoms with Crippen molar-refractivity contribution in [3.63, 3.8) is 0 Å². The van der Waals surface area contributed by atoms with Crippen LogP contribution in [0.25, 0.3) is 0 Å². The Balaban J connectivity index is 1.62. The second-order valence-electron chi connectivity index (χ2n) is 9.33. The number of aliphatic hydroxyl groups is 2. The third kappa shape index (κ3) is 2.77. The Labute approximate surface area is 157 Å². The Morgan fingerprint density at radius 1 is 1.35 bits per heavy atom. The van der Waals surface area contributed by atoms with Gasteiger partial charge < -0.3 is 14.9 Å². The van der Waals surface area contributed by atoms with Crippen molar-refractivity contribution in [3.8, 4) is 0 Å². The lowest BCUT2D eigenvalue weighted by molar-refractivity contribution is -0.159. The second-order valence-corrected chi connectivity index (χ2v) is 9.33. The number of hydrogen-bond acceptors (Lipinski definition) is 4. The molecule has 0 heterocycles. The Morgan fingerprint density at radius 3 is 2.85 bits per heavy atom. The molecule has 5 heteroatoms. The van der Waals surface area contributed by atoms with Crippen molar-refractivity contribution in [2.75, 3.05) is 0 Å². The fraction of sp³-hybridized carbons (Fsp3) is 0.857. The van der Waals surface area contributed by atoms with E-state index in [0.29, 0.717) is 24.7 Å². The second kappa shape index (κ2) is 6.66. The van der Waals surface area contributed by atoms with Crippen LogP contribution in [0.15, 0.2) is 11.6 Å². The summed E-state index contributed by atoms with van der Waals surface area (Å²) in [5.74, 6) is 1.10. The van der Waals surface area contributed by atoms with Crippen molar-refractivity contribution in [1.82, 2.24) is 0 Å². The normalized spacial score (nSPS) is 50.2. The fourth-order valence-corrected chi connectivity index (χ4v) is 6.78. The molecule has 3 saturated carbocycles. The van der Waals surface area contributed by atoms with Gasteiger partial charge in [-0.25, -0.2) is 0 Å². The van der Waals surface area contributed by atoms with Gasteiger partial charge in [-0.2, -0.15) is 0 Å². The number of esters is 1. The van der Waals surface area contributed by atoms with Gasteiger partial charge >= 0.3 is 5.97 Å². The third-order valence-corrected chi connectivity index (χ3v) is 7.99. The minimum atomic E-state index is -0.478. The van der Waals surface area contributed by atoms with Crippen LogP contribution >= 0.6 is 0 Å². The van der Waals surface area contributed by atoms with E-state index in [0.717, 1.165) is 32.1 Å². The smallest absolute Gasteiger partial charge is 0.305 e. The van der Waals surface area contributed by atoms with Crippen LogP contribution in [0, 0.1) is 29.1 Å². The number of aliphatic hydroxyl groups excluding tert-OH is 2. The van der Waals surface area contributed by atoms with Gasteiger partial charge in [0, 0.05) is 11.8 Å². The van der Waals surface area contributed by atoms with Crippen LogP contribution in [-0.2, 0) is 9.53 Å². The summed E-state index contributed by atoms with van der Waals surface area (Å²) in [6, 6.07) is 0. The van der Waals surface area contributed by atoms with Crippen LogP contribution < -0.4 is 0 Å². The molecule has 0 bridgehead atoms. The van der Waals surface area contributed by atoms with Crippen LogP contribution in [0.3, 0.4) is 0 Å². The maximum atomic E-state index is 11.9. The zero-order valence-corrected chi connectivity index (χ0v) is 15.9. The summed E-state index contributed by atoms with van der Waals surface area (Å²) in [6.45, 7) is 4.03. The molecule has 0 aliphatic heterocycles. The molecule has 0 amide bonds. The molecule has 2 radical (unpaired) electrons. The van der Waals surface area contributed by atoms with Crippen molar-refractivity contribution >= 4 is 13.8 Å². The van der Waals surface area contributed by atoms with E-state index in [4.69, 9.17) is 12.6 Å². The summed E-state index contributed by atoms with van der Waals surface area (Å²) >= 11 is 0. The highest BCUT2D eigenvalue weighted by Crippen LogP contribution is 2.64. The lowest BCUT2D eigenvalue weighted by Gasteiger charge is -2.54. The number of ether oxygens (including phenoxy) is 1. The lowest BCUT2D eigenvalue weighted by Crippen LogP contribution is -2.52. The van der Waals surface area contributed by atoms with Gasteiger partial charge in [0.1, 0.15) is 6.10 Å². The molecular formula is C21H31BO4. The monoisotopic (exact) mass is 358 g/mol. The maximum absolute atomic E-state index is 11.9. The van der Waals surface area contributed by atoms with Crippen LogP contribution in [0.4, 0.5) is 0 Å². The number of hydrogen-bond donors (Lipinski definition) is 2. The van der Waals surface area contributed by atoms with Crippen LogP contribution in [0.2, 0.25) is 5.82 Å². The van der Waals surface area contributed by atoms with Crippen molar-refractivity contribution in [3.05, 3.63) is 11.6 Å². The predicted octanol–water partition coefficient (Wildman–Crippen LogP) is 2.78. The molecule has 3 unspecified atom stereocenters. The molecule has 4 aliphatic rings. The molecule has 0 aromatic rings. The Morgan fingerprint density at radius 2 is 2.12 bits per heavy atom. The number of carbonyl (C=O) groups excluding carboxylic acids is 1. The molecule has 3 fully saturated rings. The summed E-state index contributed by atoms with van der Waals surface area (Å²) in [7, 11) is 6.44. The van der Waals surface area contributed by atoms with Crippen molar-refractivity contribution in [2.45, 2.75) is 82.9 Å². The van der Waals surface area contributed by atoms with Crippen molar-refractivity contribution in [2.24, 2.45) is 29.1 Å². The van der Waals surface area contributed by atoms with Gasteiger partial charge in [0.25, 0.3) is 0 Å². The summed E-state index contributed by atoms with van der Waals surface area (Å²) < 4.78 is 5.79. The van der Waals surface area contributed by atoms with Gasteiger partial charge in [0.2, 0.25) is 0 Å². The Hall–Kier alpha value is -0.805. The highest BCUT2D eigenvalue weighted by molar-refractivity contribution is 6.12. The van der Waals surface area contributed by atoms with Gasteiger partial charge in [-0.15, -0.1) is 0 Å². The first-order valence-electron chi connectivity index (χ1n) is 10.4. The molecule has 26 heavy (non-hydrogen) atoms. The van der Waals surface area contributed by atoms with Crippen LogP contribution in [0.5, 0.6) is 0 Å². The zero-order valence-electron chi connectivity index (χ0n) is 15.9. The Bertz CT molecular complexity index is 605. The minimum Gasteiger partial charge on any atom is -0.462 e. The summed E-state index contributed by atoms with van der Waals surface area (Å²) in [4.78, 5) is 11.9. The molecule has 4 rings (SSSR count). The topological polar surface area (TPSA) is 66.8 Å². The van der Waals surface area contributed by atoms with Gasteiger partial charge in [-0.1, -0.05) is 31.9 Å². The highest BCUT2D eigenvalue weighted by atomic mass is 16.5. The zero-order chi connectivity index (χ0) is 18.6. The van der Waals surface area contributed by atoms with E-state index in [-0.39, 0.29) is 41.2 Å². The Kier molecular flexibility index (Phi) is 4.76. The van der Waals surface area contributed by atoms with Gasteiger partial charge in [-0.3, -0.25) is 4.79 Å². The van der Waals surface area contributed by atoms with E-state index in [2.05, 4.69) is 6.92 Å².